The van der Waals surface area contributed by atoms with Crippen molar-refractivity contribution < 1.29 is 23.8 Å². The third kappa shape index (κ3) is 3.80. The van der Waals surface area contributed by atoms with Crippen molar-refractivity contribution in [3.63, 3.8) is 0 Å². The zero-order valence-electron chi connectivity index (χ0n) is 15.8. The largest absolute Gasteiger partial charge is 0.497 e. The van der Waals surface area contributed by atoms with Gasteiger partial charge in [-0.3, -0.25) is 4.79 Å². The Morgan fingerprint density at radius 3 is 2.79 bits per heavy atom. The maximum Gasteiger partial charge on any atom is 0.326 e. The summed E-state index contributed by atoms with van der Waals surface area (Å²) in [7, 11) is 1.57. The molecule has 0 radical (unpaired) electrons. The Morgan fingerprint density at radius 1 is 1.17 bits per heavy atom. The van der Waals surface area contributed by atoms with Gasteiger partial charge in [-0.2, -0.15) is 0 Å². The van der Waals surface area contributed by atoms with Crippen LogP contribution in [0.15, 0.2) is 59.3 Å². The number of aromatic amines is 1. The van der Waals surface area contributed by atoms with Crippen molar-refractivity contribution in [2.75, 3.05) is 7.11 Å². The van der Waals surface area contributed by atoms with E-state index in [2.05, 4.69) is 10.3 Å². The van der Waals surface area contributed by atoms with Crippen molar-refractivity contribution >= 4 is 33.7 Å². The van der Waals surface area contributed by atoms with Gasteiger partial charge in [-0.05, 0) is 23.8 Å². The van der Waals surface area contributed by atoms with Crippen LogP contribution in [0.5, 0.6) is 5.75 Å². The van der Waals surface area contributed by atoms with Gasteiger partial charge in [-0.15, -0.1) is 0 Å². The van der Waals surface area contributed by atoms with Gasteiger partial charge < -0.3 is 24.6 Å². The Morgan fingerprint density at radius 2 is 2.00 bits per heavy atom. The summed E-state index contributed by atoms with van der Waals surface area (Å²) >= 11 is 0. The van der Waals surface area contributed by atoms with Crippen LogP contribution >= 0.6 is 0 Å². The van der Waals surface area contributed by atoms with Crippen LogP contribution in [0.2, 0.25) is 0 Å². The number of carbonyl (C=O) groups excluding carboxylic acids is 1. The van der Waals surface area contributed by atoms with Gasteiger partial charge >= 0.3 is 5.97 Å². The second-order valence-electron chi connectivity index (χ2n) is 6.82. The van der Waals surface area contributed by atoms with Gasteiger partial charge in [-0.25, -0.2) is 4.79 Å². The first-order valence-corrected chi connectivity index (χ1v) is 9.16. The topological polar surface area (TPSA) is 105 Å². The van der Waals surface area contributed by atoms with Gasteiger partial charge in [-0.1, -0.05) is 18.2 Å². The lowest BCUT2D eigenvalue weighted by atomic mass is 10.0. The van der Waals surface area contributed by atoms with Gasteiger partial charge in [0, 0.05) is 40.5 Å². The summed E-state index contributed by atoms with van der Waals surface area (Å²) in [6.45, 7) is 0. The van der Waals surface area contributed by atoms with Crippen LogP contribution in [0, 0.1) is 0 Å². The second kappa shape index (κ2) is 7.71. The smallest absolute Gasteiger partial charge is 0.326 e. The van der Waals surface area contributed by atoms with E-state index >= 15 is 0 Å². The fourth-order valence-electron chi connectivity index (χ4n) is 3.47. The normalized spacial score (nSPS) is 12.2. The molecule has 0 saturated carbocycles. The number of furan rings is 1. The van der Waals surface area contributed by atoms with Crippen LogP contribution in [0.25, 0.3) is 21.9 Å². The molecule has 0 spiro atoms. The molecular weight excluding hydrogens is 372 g/mol. The number of benzene rings is 2. The van der Waals surface area contributed by atoms with E-state index in [1.807, 2.05) is 30.3 Å². The number of H-pyrrole nitrogens is 1. The third-order valence-electron chi connectivity index (χ3n) is 4.95. The number of carboxylic acids is 1. The predicted octanol–water partition coefficient (Wildman–Crippen LogP) is 3.28. The van der Waals surface area contributed by atoms with E-state index in [4.69, 9.17) is 9.15 Å². The second-order valence-corrected chi connectivity index (χ2v) is 6.82. The summed E-state index contributed by atoms with van der Waals surface area (Å²) in [6.07, 6.45) is 3.51. The van der Waals surface area contributed by atoms with Crippen LogP contribution in [0.3, 0.4) is 0 Å². The molecule has 7 heteroatoms. The monoisotopic (exact) mass is 392 g/mol. The molecule has 2 aromatic heterocycles. The number of fused-ring (bicyclic) bond motifs is 2. The summed E-state index contributed by atoms with van der Waals surface area (Å²) in [5, 5.41) is 14.0. The number of aromatic nitrogens is 1. The molecule has 3 N–H and O–H groups in total. The Balaban J connectivity index is 1.49. The Kier molecular flexibility index (Phi) is 4.95. The quantitative estimate of drug-likeness (QED) is 0.448. The molecule has 0 fully saturated rings. The molecular formula is C22H20N2O5. The summed E-state index contributed by atoms with van der Waals surface area (Å²) in [5.74, 6) is -0.797. The molecule has 7 nitrogen and oxygen atoms in total. The minimum Gasteiger partial charge on any atom is -0.497 e. The Bertz CT molecular complexity index is 1190. The van der Waals surface area contributed by atoms with Crippen LogP contribution in [0.4, 0.5) is 0 Å². The minimum atomic E-state index is -1.08. The van der Waals surface area contributed by atoms with E-state index in [0.29, 0.717) is 16.9 Å². The van der Waals surface area contributed by atoms with Gasteiger partial charge in [0.05, 0.1) is 19.8 Å². The van der Waals surface area contributed by atoms with Gasteiger partial charge in [0.15, 0.2) is 0 Å². The highest BCUT2D eigenvalue weighted by molar-refractivity contribution is 5.91. The maximum absolute atomic E-state index is 12.5. The lowest BCUT2D eigenvalue weighted by Crippen LogP contribution is -2.42. The summed E-state index contributed by atoms with van der Waals surface area (Å²) in [5.41, 5.74) is 3.07. The lowest BCUT2D eigenvalue weighted by Gasteiger charge is -2.14. The number of methoxy groups -OCH3 is 1. The molecule has 0 aliphatic carbocycles. The van der Waals surface area contributed by atoms with E-state index in [1.165, 1.54) is 6.26 Å². The highest BCUT2D eigenvalue weighted by atomic mass is 16.5. The van der Waals surface area contributed by atoms with E-state index in [-0.39, 0.29) is 18.7 Å². The van der Waals surface area contributed by atoms with Crippen LogP contribution in [0.1, 0.15) is 11.1 Å². The molecule has 1 amide bonds. The standard InChI is InChI=1S/C22H20N2O5/c1-28-15-6-7-17-14(12-29-20(17)10-15)9-21(25)24-19(22(26)27)8-13-11-23-18-5-3-2-4-16(13)18/h2-7,10-12,19,23H,8-9H2,1H3,(H,24,25)(H,26,27)/t19-/m0/s1. The van der Waals surface area contributed by atoms with Crippen LogP contribution < -0.4 is 10.1 Å². The number of aliphatic carboxylic acids is 1. The molecule has 0 unspecified atom stereocenters. The van der Waals surface area contributed by atoms with Gasteiger partial charge in [0.1, 0.15) is 17.4 Å². The molecule has 29 heavy (non-hydrogen) atoms. The zero-order chi connectivity index (χ0) is 20.4. The van der Waals surface area contributed by atoms with Crippen molar-refractivity contribution in [1.29, 1.82) is 0 Å². The molecule has 4 aromatic rings. The van der Waals surface area contributed by atoms with E-state index < -0.39 is 12.0 Å². The summed E-state index contributed by atoms with van der Waals surface area (Å²) < 4.78 is 10.7. The highest BCUT2D eigenvalue weighted by Crippen LogP contribution is 2.26. The maximum atomic E-state index is 12.5. The molecule has 1 atom stereocenters. The number of hydrogen-bond donors (Lipinski definition) is 3. The fourth-order valence-corrected chi connectivity index (χ4v) is 3.47. The fraction of sp³-hybridized carbons (Fsp3) is 0.182. The first-order valence-electron chi connectivity index (χ1n) is 9.16. The minimum absolute atomic E-state index is 0.0248. The van der Waals surface area contributed by atoms with Crippen molar-refractivity contribution in [1.82, 2.24) is 10.3 Å². The Hall–Kier alpha value is -3.74. The third-order valence-corrected chi connectivity index (χ3v) is 4.95. The molecule has 0 bridgehead atoms. The molecule has 0 saturated heterocycles. The van der Waals surface area contributed by atoms with Crippen LogP contribution in [-0.2, 0) is 22.4 Å². The molecule has 2 heterocycles. The first kappa shape index (κ1) is 18.6. The molecule has 2 aromatic carbocycles. The predicted molar refractivity (Wildman–Crippen MR) is 108 cm³/mol. The van der Waals surface area contributed by atoms with E-state index in [9.17, 15) is 14.7 Å². The lowest BCUT2D eigenvalue weighted by molar-refractivity contribution is -0.141. The van der Waals surface area contributed by atoms with Crippen molar-refractivity contribution in [2.24, 2.45) is 0 Å². The Labute approximate surface area is 166 Å². The van der Waals surface area contributed by atoms with Crippen molar-refractivity contribution in [2.45, 2.75) is 18.9 Å². The molecule has 148 valence electrons. The van der Waals surface area contributed by atoms with Crippen molar-refractivity contribution in [3.05, 3.63) is 66.1 Å². The number of para-hydroxylation sites is 1. The average molecular weight is 392 g/mol. The SMILES string of the molecule is COc1ccc2c(CC(=O)N[C@@H](Cc3c[nH]c4ccccc34)C(=O)O)coc2c1. The number of nitrogens with one attached hydrogen (secondary N) is 2. The molecule has 4 rings (SSSR count). The van der Waals surface area contributed by atoms with Crippen LogP contribution in [-0.4, -0.2) is 35.1 Å². The first-order chi connectivity index (χ1) is 14.0. The number of hydrogen-bond acceptors (Lipinski definition) is 4. The zero-order valence-corrected chi connectivity index (χ0v) is 15.8. The number of carboxylic acid groups (broad SMARTS) is 1. The summed E-state index contributed by atoms with van der Waals surface area (Å²) in [6, 6.07) is 12.0. The molecule has 0 aliphatic rings. The molecule has 0 aliphatic heterocycles. The highest BCUT2D eigenvalue weighted by Gasteiger charge is 2.22. The number of amides is 1. The van der Waals surface area contributed by atoms with E-state index in [1.54, 1.807) is 25.4 Å². The number of ether oxygens (including phenoxy) is 1. The van der Waals surface area contributed by atoms with Crippen molar-refractivity contribution in [3.8, 4) is 5.75 Å². The summed E-state index contributed by atoms with van der Waals surface area (Å²) in [4.78, 5) is 27.4. The van der Waals surface area contributed by atoms with Gasteiger partial charge in [0.25, 0.3) is 0 Å². The van der Waals surface area contributed by atoms with E-state index in [0.717, 1.165) is 21.9 Å². The number of rotatable bonds is 7. The van der Waals surface area contributed by atoms with Gasteiger partial charge in [0.2, 0.25) is 5.91 Å². The average Bonchev–Trinajstić information content (AvgIpc) is 3.31. The number of carbonyl (C=O) groups is 2.